The van der Waals surface area contributed by atoms with Crippen molar-refractivity contribution in [2.45, 2.75) is 13.3 Å². The molecule has 5 heteroatoms. The largest absolute Gasteiger partial charge is 0.478 e. The van der Waals surface area contributed by atoms with E-state index >= 15 is 0 Å². The molecule has 1 aliphatic rings. The van der Waals surface area contributed by atoms with Gasteiger partial charge in [0.05, 0.1) is 0 Å². The van der Waals surface area contributed by atoms with Gasteiger partial charge in [0.1, 0.15) is 5.56 Å². The van der Waals surface area contributed by atoms with Crippen molar-refractivity contribution in [2.24, 2.45) is 0 Å². The number of carbonyl (C=O) groups is 1. The predicted molar refractivity (Wildman–Crippen MR) is 61.7 cm³/mol. The monoisotopic (exact) mass is 236 g/mol. The molecule has 1 N–H and O–H groups in total. The molecule has 4 nitrogen and oxygen atoms in total. The zero-order valence-electron chi connectivity index (χ0n) is 9.48. The Morgan fingerprint density at radius 1 is 1.59 bits per heavy atom. The Kier molecular flexibility index (Phi) is 3.08. The minimum absolute atomic E-state index is 0.119. The second kappa shape index (κ2) is 4.53. The molecule has 1 aromatic rings. The van der Waals surface area contributed by atoms with Crippen LogP contribution >= 0.6 is 0 Å². The van der Waals surface area contributed by atoms with E-state index in [1.807, 2.05) is 13.0 Å². The highest BCUT2D eigenvalue weighted by atomic mass is 19.1. The summed E-state index contributed by atoms with van der Waals surface area (Å²) in [4.78, 5) is 16.5. The molecular formula is C12H13FN2O2. The number of halogens is 1. The lowest BCUT2D eigenvalue weighted by Crippen LogP contribution is -2.30. The van der Waals surface area contributed by atoms with Crippen molar-refractivity contribution in [3.05, 3.63) is 35.3 Å². The van der Waals surface area contributed by atoms with E-state index in [1.54, 1.807) is 4.90 Å². The van der Waals surface area contributed by atoms with Gasteiger partial charge >= 0.3 is 5.97 Å². The molecule has 1 aliphatic heterocycles. The summed E-state index contributed by atoms with van der Waals surface area (Å²) < 4.78 is 13.9. The molecule has 0 aromatic carbocycles. The van der Waals surface area contributed by atoms with E-state index in [4.69, 9.17) is 5.11 Å². The van der Waals surface area contributed by atoms with E-state index in [2.05, 4.69) is 4.98 Å². The lowest BCUT2D eigenvalue weighted by atomic mass is 10.1. The van der Waals surface area contributed by atoms with Crippen LogP contribution in [0.4, 0.5) is 10.2 Å². The zero-order chi connectivity index (χ0) is 12.4. The summed E-state index contributed by atoms with van der Waals surface area (Å²) in [5.74, 6) is -1.91. The van der Waals surface area contributed by atoms with E-state index in [-0.39, 0.29) is 11.4 Å². The van der Waals surface area contributed by atoms with Crippen LogP contribution in [0, 0.1) is 5.82 Å². The summed E-state index contributed by atoms with van der Waals surface area (Å²) in [6, 6.07) is 1.17. The van der Waals surface area contributed by atoms with Crippen molar-refractivity contribution < 1.29 is 14.3 Å². The third-order valence-electron chi connectivity index (χ3n) is 2.84. The van der Waals surface area contributed by atoms with Crippen LogP contribution in [0.2, 0.25) is 0 Å². The highest BCUT2D eigenvalue weighted by Crippen LogP contribution is 2.22. The molecule has 0 atom stereocenters. The number of anilines is 1. The van der Waals surface area contributed by atoms with E-state index in [0.717, 1.165) is 6.42 Å². The number of rotatable bonds is 2. The van der Waals surface area contributed by atoms with E-state index in [0.29, 0.717) is 13.1 Å². The zero-order valence-corrected chi connectivity index (χ0v) is 9.48. The summed E-state index contributed by atoms with van der Waals surface area (Å²) in [5.41, 5.74) is 0.928. The van der Waals surface area contributed by atoms with Crippen molar-refractivity contribution in [1.82, 2.24) is 4.98 Å². The summed E-state index contributed by atoms with van der Waals surface area (Å²) in [5, 5.41) is 8.83. The third kappa shape index (κ3) is 2.27. The summed E-state index contributed by atoms with van der Waals surface area (Å²) in [7, 11) is 0. The summed E-state index contributed by atoms with van der Waals surface area (Å²) in [6.07, 6.45) is 4.17. The first-order valence-electron chi connectivity index (χ1n) is 5.38. The lowest BCUT2D eigenvalue weighted by molar-refractivity contribution is 0.0691. The number of aromatic nitrogens is 1. The van der Waals surface area contributed by atoms with Crippen molar-refractivity contribution in [2.75, 3.05) is 18.0 Å². The van der Waals surface area contributed by atoms with Gasteiger partial charge in [0.2, 0.25) is 0 Å². The molecule has 17 heavy (non-hydrogen) atoms. The van der Waals surface area contributed by atoms with Gasteiger partial charge in [0.25, 0.3) is 0 Å². The number of hydrogen-bond acceptors (Lipinski definition) is 3. The van der Waals surface area contributed by atoms with Gasteiger partial charge in [0.15, 0.2) is 11.6 Å². The van der Waals surface area contributed by atoms with Crippen LogP contribution in [0.5, 0.6) is 0 Å². The Labute approximate surface area is 98.4 Å². The van der Waals surface area contributed by atoms with E-state index in [1.165, 1.54) is 17.8 Å². The van der Waals surface area contributed by atoms with Crippen molar-refractivity contribution in [3.8, 4) is 0 Å². The lowest BCUT2D eigenvalue weighted by Gasteiger charge is -2.26. The minimum Gasteiger partial charge on any atom is -0.478 e. The van der Waals surface area contributed by atoms with Crippen LogP contribution < -0.4 is 4.90 Å². The normalized spacial score (nSPS) is 15.6. The number of aromatic carboxylic acids is 1. The first-order chi connectivity index (χ1) is 8.09. The Morgan fingerprint density at radius 2 is 2.35 bits per heavy atom. The second-order valence-electron chi connectivity index (χ2n) is 4.05. The Morgan fingerprint density at radius 3 is 2.94 bits per heavy atom. The van der Waals surface area contributed by atoms with Crippen LogP contribution in [-0.2, 0) is 0 Å². The number of carboxylic acid groups (broad SMARTS) is 1. The molecule has 0 unspecified atom stereocenters. The molecule has 0 fully saturated rings. The van der Waals surface area contributed by atoms with Gasteiger partial charge < -0.3 is 10.0 Å². The second-order valence-corrected chi connectivity index (χ2v) is 4.05. The van der Waals surface area contributed by atoms with Crippen molar-refractivity contribution in [1.29, 1.82) is 0 Å². The van der Waals surface area contributed by atoms with Crippen molar-refractivity contribution in [3.63, 3.8) is 0 Å². The fourth-order valence-corrected chi connectivity index (χ4v) is 1.78. The Bertz CT molecular complexity index is 485. The molecule has 0 bridgehead atoms. The molecule has 0 spiro atoms. The Balaban J connectivity index is 2.33. The molecule has 1 aromatic heterocycles. The molecular weight excluding hydrogens is 223 g/mol. The molecule has 2 heterocycles. The highest BCUT2D eigenvalue weighted by molar-refractivity contribution is 5.88. The van der Waals surface area contributed by atoms with Crippen LogP contribution in [0.25, 0.3) is 0 Å². The van der Waals surface area contributed by atoms with E-state index < -0.39 is 11.8 Å². The summed E-state index contributed by atoms with van der Waals surface area (Å²) >= 11 is 0. The number of carboxylic acids is 1. The first-order valence-corrected chi connectivity index (χ1v) is 5.38. The van der Waals surface area contributed by atoms with Gasteiger partial charge in [-0.3, -0.25) is 0 Å². The van der Waals surface area contributed by atoms with Crippen LogP contribution in [0.1, 0.15) is 23.7 Å². The minimum atomic E-state index is -1.27. The van der Waals surface area contributed by atoms with Gasteiger partial charge in [-0.25, -0.2) is 14.2 Å². The molecule has 0 aliphatic carbocycles. The quantitative estimate of drug-likeness (QED) is 0.799. The smallest absolute Gasteiger partial charge is 0.338 e. The fraction of sp³-hybridized carbons (Fsp3) is 0.333. The molecule has 0 saturated carbocycles. The van der Waals surface area contributed by atoms with Gasteiger partial charge in [0, 0.05) is 19.3 Å². The van der Waals surface area contributed by atoms with Gasteiger partial charge in [-0.2, -0.15) is 0 Å². The number of hydrogen-bond donors (Lipinski definition) is 1. The Hall–Kier alpha value is -1.91. The fourth-order valence-electron chi connectivity index (χ4n) is 1.78. The summed E-state index contributed by atoms with van der Waals surface area (Å²) in [6.45, 7) is 3.25. The average Bonchev–Trinajstić information content (AvgIpc) is 2.30. The maximum absolute atomic E-state index is 13.9. The standard InChI is InChI=1S/C12H13FN2O2/c1-8-3-6-15(7-4-8)11-10(13)9(12(16)17)2-5-14-11/h2-3,5H,4,6-7H2,1H3,(H,16,17). The van der Waals surface area contributed by atoms with Gasteiger partial charge in [-0.05, 0) is 19.4 Å². The van der Waals surface area contributed by atoms with Crippen LogP contribution in [-0.4, -0.2) is 29.1 Å². The first kappa shape index (κ1) is 11.6. The van der Waals surface area contributed by atoms with Gasteiger partial charge in [-0.15, -0.1) is 0 Å². The molecule has 0 radical (unpaired) electrons. The van der Waals surface area contributed by atoms with Crippen LogP contribution in [0.3, 0.4) is 0 Å². The predicted octanol–water partition coefficient (Wildman–Crippen LogP) is 2.08. The number of pyridine rings is 1. The highest BCUT2D eigenvalue weighted by Gasteiger charge is 2.20. The molecule has 0 saturated heterocycles. The van der Waals surface area contributed by atoms with E-state index in [9.17, 15) is 9.18 Å². The SMILES string of the molecule is CC1=CCN(c2nccc(C(=O)O)c2F)CC1. The number of nitrogens with zero attached hydrogens (tertiary/aromatic N) is 2. The molecule has 2 rings (SSSR count). The molecule has 90 valence electrons. The molecule has 0 amide bonds. The van der Waals surface area contributed by atoms with Crippen molar-refractivity contribution >= 4 is 11.8 Å². The topological polar surface area (TPSA) is 53.4 Å². The maximum atomic E-state index is 13.9. The third-order valence-corrected chi connectivity index (χ3v) is 2.84. The average molecular weight is 236 g/mol. The van der Waals surface area contributed by atoms with Crippen LogP contribution in [0.15, 0.2) is 23.9 Å². The maximum Gasteiger partial charge on any atom is 0.338 e. The van der Waals surface area contributed by atoms with Gasteiger partial charge in [-0.1, -0.05) is 11.6 Å².